The maximum absolute atomic E-state index is 11.7. The van der Waals surface area contributed by atoms with Crippen molar-refractivity contribution < 1.29 is 4.79 Å². The van der Waals surface area contributed by atoms with E-state index in [1.807, 2.05) is 31.2 Å². The van der Waals surface area contributed by atoms with Gasteiger partial charge >= 0.3 is 0 Å². The molecule has 1 unspecified atom stereocenters. The summed E-state index contributed by atoms with van der Waals surface area (Å²) in [5.74, 6) is -0.0301. The molecule has 1 aromatic rings. The molecule has 0 fully saturated rings. The van der Waals surface area contributed by atoms with Crippen molar-refractivity contribution in [1.82, 2.24) is 4.90 Å². The molecule has 0 spiro atoms. The number of hydrogen-bond acceptors (Lipinski definition) is 2. The number of amides is 1. The highest BCUT2D eigenvalue weighted by Crippen LogP contribution is 2.11. The Hall–Kier alpha value is -0.770. The van der Waals surface area contributed by atoms with Gasteiger partial charge in [-0.2, -0.15) is 0 Å². The molecule has 5 heteroatoms. The fourth-order valence-electron chi connectivity index (χ4n) is 1.44. The van der Waals surface area contributed by atoms with Gasteiger partial charge < -0.3 is 10.6 Å². The lowest BCUT2D eigenvalue weighted by atomic mass is 10.2. The predicted molar refractivity (Wildman–Crippen MR) is 73.4 cm³/mol. The average Bonchev–Trinajstić information content (AvgIpc) is 2.27. The van der Waals surface area contributed by atoms with E-state index < -0.39 is 6.04 Å². The molecule has 0 saturated carbocycles. The third-order valence-electron chi connectivity index (χ3n) is 2.37. The van der Waals surface area contributed by atoms with Gasteiger partial charge in [0.25, 0.3) is 0 Å². The standard InChI is InChI=1S/C12H17ClN2O.ClH/c1-3-15(12(16)9(2)14)8-10-4-6-11(13)7-5-10;/h4-7,9H,3,8,14H2,1-2H3;1H. The number of rotatable bonds is 4. The fraction of sp³-hybridized carbons (Fsp3) is 0.417. The van der Waals surface area contributed by atoms with Gasteiger partial charge in [-0.1, -0.05) is 23.7 Å². The first kappa shape index (κ1) is 16.2. The Labute approximate surface area is 113 Å². The number of benzene rings is 1. The SMILES string of the molecule is CCN(Cc1ccc(Cl)cc1)C(=O)C(C)N.Cl. The molecule has 0 aliphatic heterocycles. The second kappa shape index (κ2) is 7.54. The van der Waals surface area contributed by atoms with Crippen molar-refractivity contribution >= 4 is 29.9 Å². The summed E-state index contributed by atoms with van der Waals surface area (Å²) < 4.78 is 0. The Balaban J connectivity index is 0.00000256. The van der Waals surface area contributed by atoms with Crippen molar-refractivity contribution in [2.24, 2.45) is 5.73 Å². The molecule has 96 valence electrons. The van der Waals surface area contributed by atoms with Crippen molar-refractivity contribution in [2.75, 3.05) is 6.54 Å². The molecule has 0 heterocycles. The van der Waals surface area contributed by atoms with Crippen molar-refractivity contribution in [3.05, 3.63) is 34.9 Å². The van der Waals surface area contributed by atoms with Crippen LogP contribution in [-0.2, 0) is 11.3 Å². The number of carbonyl (C=O) groups excluding carboxylic acids is 1. The topological polar surface area (TPSA) is 46.3 Å². The summed E-state index contributed by atoms with van der Waals surface area (Å²) in [4.78, 5) is 13.5. The molecule has 1 amide bonds. The van der Waals surface area contributed by atoms with Crippen LogP contribution in [0.4, 0.5) is 0 Å². The maximum Gasteiger partial charge on any atom is 0.239 e. The van der Waals surface area contributed by atoms with Crippen LogP contribution in [0.25, 0.3) is 0 Å². The van der Waals surface area contributed by atoms with Crippen LogP contribution in [0.2, 0.25) is 5.02 Å². The quantitative estimate of drug-likeness (QED) is 0.918. The first-order valence-corrected chi connectivity index (χ1v) is 5.71. The van der Waals surface area contributed by atoms with Crippen LogP contribution in [0.5, 0.6) is 0 Å². The lowest BCUT2D eigenvalue weighted by Crippen LogP contribution is -2.41. The molecular weight excluding hydrogens is 259 g/mol. The van der Waals surface area contributed by atoms with E-state index in [0.29, 0.717) is 18.1 Å². The Kier molecular flexibility index (Phi) is 7.19. The van der Waals surface area contributed by atoms with Gasteiger partial charge in [-0.15, -0.1) is 12.4 Å². The van der Waals surface area contributed by atoms with Crippen LogP contribution in [0, 0.1) is 0 Å². The number of hydrogen-bond donors (Lipinski definition) is 1. The number of halogens is 2. The summed E-state index contributed by atoms with van der Waals surface area (Å²) in [6, 6.07) is 7.02. The molecule has 0 aliphatic carbocycles. The van der Waals surface area contributed by atoms with Crippen LogP contribution in [-0.4, -0.2) is 23.4 Å². The van der Waals surface area contributed by atoms with E-state index in [1.54, 1.807) is 11.8 Å². The highest BCUT2D eigenvalue weighted by Gasteiger charge is 2.15. The van der Waals surface area contributed by atoms with Gasteiger partial charge in [0.1, 0.15) is 0 Å². The second-order valence-corrected chi connectivity index (χ2v) is 4.20. The fourth-order valence-corrected chi connectivity index (χ4v) is 1.57. The second-order valence-electron chi connectivity index (χ2n) is 3.77. The normalized spacial score (nSPS) is 11.5. The smallest absolute Gasteiger partial charge is 0.239 e. The van der Waals surface area contributed by atoms with Crippen molar-refractivity contribution in [3.63, 3.8) is 0 Å². The molecule has 1 aromatic carbocycles. The molecule has 1 atom stereocenters. The van der Waals surface area contributed by atoms with Crippen LogP contribution in [0.15, 0.2) is 24.3 Å². The number of likely N-dealkylation sites (N-methyl/N-ethyl adjacent to an activating group) is 1. The lowest BCUT2D eigenvalue weighted by Gasteiger charge is -2.22. The van der Waals surface area contributed by atoms with Gasteiger partial charge in [-0.25, -0.2) is 0 Å². The van der Waals surface area contributed by atoms with Crippen molar-refractivity contribution in [1.29, 1.82) is 0 Å². The summed E-state index contributed by atoms with van der Waals surface area (Å²) in [6.07, 6.45) is 0. The van der Waals surface area contributed by atoms with E-state index in [2.05, 4.69) is 0 Å². The zero-order valence-corrected chi connectivity index (χ0v) is 11.6. The summed E-state index contributed by atoms with van der Waals surface area (Å²) in [6.45, 7) is 4.88. The monoisotopic (exact) mass is 276 g/mol. The minimum Gasteiger partial charge on any atom is -0.337 e. The first-order chi connectivity index (χ1) is 7.54. The van der Waals surface area contributed by atoms with E-state index in [1.165, 1.54) is 0 Å². The molecule has 0 aromatic heterocycles. The molecule has 17 heavy (non-hydrogen) atoms. The van der Waals surface area contributed by atoms with Gasteiger partial charge in [0, 0.05) is 18.1 Å². The average molecular weight is 277 g/mol. The molecule has 3 nitrogen and oxygen atoms in total. The minimum absolute atomic E-state index is 0. The largest absolute Gasteiger partial charge is 0.337 e. The third-order valence-corrected chi connectivity index (χ3v) is 2.62. The molecule has 1 rings (SSSR count). The van der Waals surface area contributed by atoms with Crippen LogP contribution >= 0.6 is 24.0 Å². The van der Waals surface area contributed by atoms with Crippen molar-refractivity contribution in [3.8, 4) is 0 Å². The Morgan fingerprint density at radius 1 is 1.41 bits per heavy atom. The molecule has 0 radical (unpaired) electrons. The first-order valence-electron chi connectivity index (χ1n) is 5.33. The van der Waals surface area contributed by atoms with Gasteiger partial charge in [-0.3, -0.25) is 4.79 Å². The third kappa shape index (κ3) is 4.94. The van der Waals surface area contributed by atoms with E-state index in [0.717, 1.165) is 5.56 Å². The van der Waals surface area contributed by atoms with Gasteiger partial charge in [-0.05, 0) is 31.5 Å². The summed E-state index contributed by atoms with van der Waals surface area (Å²) >= 11 is 5.79. The van der Waals surface area contributed by atoms with Crippen LogP contribution < -0.4 is 5.73 Å². The molecular formula is C12H18Cl2N2O. The van der Waals surface area contributed by atoms with Gasteiger partial charge in [0.15, 0.2) is 0 Å². The number of nitrogens with two attached hydrogens (primary N) is 1. The minimum atomic E-state index is -0.452. The van der Waals surface area contributed by atoms with E-state index in [4.69, 9.17) is 17.3 Å². The Morgan fingerprint density at radius 2 is 1.94 bits per heavy atom. The highest BCUT2D eigenvalue weighted by molar-refractivity contribution is 6.30. The molecule has 0 aliphatic rings. The Bertz CT molecular complexity index is 352. The summed E-state index contributed by atoms with van der Waals surface area (Å²) in [5.41, 5.74) is 6.63. The van der Waals surface area contributed by atoms with E-state index in [9.17, 15) is 4.79 Å². The number of carbonyl (C=O) groups is 1. The lowest BCUT2D eigenvalue weighted by molar-refractivity contribution is -0.132. The zero-order valence-electron chi connectivity index (χ0n) is 10.0. The van der Waals surface area contributed by atoms with Crippen LogP contribution in [0.3, 0.4) is 0 Å². The van der Waals surface area contributed by atoms with Crippen LogP contribution in [0.1, 0.15) is 19.4 Å². The Morgan fingerprint density at radius 3 is 2.35 bits per heavy atom. The summed E-state index contributed by atoms with van der Waals surface area (Å²) in [7, 11) is 0. The predicted octanol–water partition coefficient (Wildman–Crippen LogP) is 2.46. The molecule has 0 saturated heterocycles. The van der Waals surface area contributed by atoms with E-state index in [-0.39, 0.29) is 18.3 Å². The molecule has 0 bridgehead atoms. The summed E-state index contributed by atoms with van der Waals surface area (Å²) in [5, 5.41) is 0.699. The number of nitrogens with zero attached hydrogens (tertiary/aromatic N) is 1. The maximum atomic E-state index is 11.7. The van der Waals surface area contributed by atoms with Crippen molar-refractivity contribution in [2.45, 2.75) is 26.4 Å². The van der Waals surface area contributed by atoms with Gasteiger partial charge in [0.05, 0.1) is 6.04 Å². The highest BCUT2D eigenvalue weighted by atomic mass is 35.5. The van der Waals surface area contributed by atoms with E-state index >= 15 is 0 Å². The molecule has 2 N–H and O–H groups in total. The van der Waals surface area contributed by atoms with Gasteiger partial charge in [0.2, 0.25) is 5.91 Å². The zero-order chi connectivity index (χ0) is 12.1.